The number of anilines is 1. The molecular weight excluding hydrogens is 400 g/mol. The van der Waals surface area contributed by atoms with Crippen LogP contribution in [-0.4, -0.2) is 63.4 Å². The van der Waals surface area contributed by atoms with Gasteiger partial charge in [-0.15, -0.1) is 0 Å². The molecule has 2 aliphatic heterocycles. The van der Waals surface area contributed by atoms with Crippen LogP contribution in [0.5, 0.6) is 5.75 Å². The molecule has 2 aromatic carbocycles. The fourth-order valence-electron chi connectivity index (χ4n) is 4.54. The number of urea groups is 1. The molecule has 0 spiro atoms. The van der Waals surface area contributed by atoms with E-state index in [0.29, 0.717) is 12.5 Å². The molecule has 6 heteroatoms. The molecule has 2 aliphatic rings. The Bertz CT molecular complexity index is 821. The van der Waals surface area contributed by atoms with E-state index in [1.54, 1.807) is 0 Å². The maximum absolute atomic E-state index is 12.2. The van der Waals surface area contributed by atoms with Crippen molar-refractivity contribution in [3.8, 4) is 5.75 Å². The van der Waals surface area contributed by atoms with E-state index in [4.69, 9.17) is 4.74 Å². The first-order valence-electron chi connectivity index (χ1n) is 12.0. The number of carbonyl (C=O) groups is 1. The van der Waals surface area contributed by atoms with E-state index in [1.807, 2.05) is 18.2 Å². The summed E-state index contributed by atoms with van der Waals surface area (Å²) in [6.45, 7) is 7.55. The molecule has 4 rings (SSSR count). The summed E-state index contributed by atoms with van der Waals surface area (Å²) in [6.07, 6.45) is 4.55. The van der Waals surface area contributed by atoms with Crippen LogP contribution < -0.4 is 20.3 Å². The summed E-state index contributed by atoms with van der Waals surface area (Å²) in [5.41, 5.74) is 2.47. The zero-order chi connectivity index (χ0) is 22.0. The highest BCUT2D eigenvalue weighted by Gasteiger charge is 2.22. The fraction of sp³-hybridized carbons (Fsp3) is 0.500. The minimum atomic E-state index is -0.0787. The predicted octanol–water partition coefficient (Wildman–Crippen LogP) is 3.53. The van der Waals surface area contributed by atoms with Crippen LogP contribution in [0.3, 0.4) is 0 Å². The summed E-state index contributed by atoms with van der Waals surface area (Å²) < 4.78 is 5.86. The molecule has 32 heavy (non-hydrogen) atoms. The third-order valence-corrected chi connectivity index (χ3v) is 6.46. The molecule has 6 nitrogen and oxygen atoms in total. The van der Waals surface area contributed by atoms with E-state index in [1.165, 1.54) is 37.2 Å². The van der Waals surface area contributed by atoms with Gasteiger partial charge in [-0.3, -0.25) is 4.90 Å². The van der Waals surface area contributed by atoms with Crippen LogP contribution >= 0.6 is 0 Å². The first-order valence-corrected chi connectivity index (χ1v) is 12.0. The van der Waals surface area contributed by atoms with Gasteiger partial charge in [0, 0.05) is 38.4 Å². The van der Waals surface area contributed by atoms with Crippen molar-refractivity contribution in [3.63, 3.8) is 0 Å². The molecule has 0 bridgehead atoms. The molecule has 0 aromatic heterocycles. The number of amides is 2. The standard InChI is InChI=1S/C26H36N4O2/c31-26(28-20-23-13-17-30(21-23)24-6-2-1-3-7-24)27-14-12-22-8-10-25(11-9-22)32-19-18-29-15-4-5-16-29/h1-3,6-11,23H,4-5,12-21H2,(H2,27,28,31). The number of para-hydroxylation sites is 1. The monoisotopic (exact) mass is 436 g/mol. The largest absolute Gasteiger partial charge is 0.492 e. The Hall–Kier alpha value is -2.73. The van der Waals surface area contributed by atoms with Crippen molar-refractivity contribution in [2.75, 3.05) is 57.3 Å². The SMILES string of the molecule is O=C(NCCc1ccc(OCCN2CCCC2)cc1)NCC1CCN(c2ccccc2)C1. The van der Waals surface area contributed by atoms with Crippen molar-refractivity contribution in [2.24, 2.45) is 5.92 Å². The lowest BCUT2D eigenvalue weighted by molar-refractivity contribution is 0.237. The molecule has 2 aromatic rings. The summed E-state index contributed by atoms with van der Waals surface area (Å²) in [5, 5.41) is 6.02. The first kappa shape index (κ1) is 22.5. The van der Waals surface area contributed by atoms with Gasteiger partial charge in [-0.25, -0.2) is 4.79 Å². The molecule has 2 heterocycles. The van der Waals surface area contributed by atoms with Gasteiger partial charge in [-0.1, -0.05) is 30.3 Å². The minimum Gasteiger partial charge on any atom is -0.492 e. The zero-order valence-electron chi connectivity index (χ0n) is 19.0. The molecule has 172 valence electrons. The van der Waals surface area contributed by atoms with E-state index >= 15 is 0 Å². The van der Waals surface area contributed by atoms with Crippen molar-refractivity contribution < 1.29 is 9.53 Å². The van der Waals surface area contributed by atoms with Crippen molar-refractivity contribution in [2.45, 2.75) is 25.7 Å². The van der Waals surface area contributed by atoms with Gasteiger partial charge in [-0.05, 0) is 74.5 Å². The van der Waals surface area contributed by atoms with E-state index in [0.717, 1.165) is 51.4 Å². The summed E-state index contributed by atoms with van der Waals surface area (Å²) in [5.74, 6) is 1.42. The van der Waals surface area contributed by atoms with Gasteiger partial charge in [0.2, 0.25) is 0 Å². The molecule has 1 unspecified atom stereocenters. The molecule has 2 fully saturated rings. The highest BCUT2D eigenvalue weighted by molar-refractivity contribution is 5.73. The highest BCUT2D eigenvalue weighted by Crippen LogP contribution is 2.22. The van der Waals surface area contributed by atoms with E-state index in [2.05, 4.69) is 56.8 Å². The number of carbonyl (C=O) groups excluding carboxylic acids is 1. The number of hydrogen-bond acceptors (Lipinski definition) is 4. The number of nitrogens with zero attached hydrogens (tertiary/aromatic N) is 2. The number of hydrogen-bond donors (Lipinski definition) is 2. The Morgan fingerprint density at radius 3 is 2.53 bits per heavy atom. The molecule has 0 saturated carbocycles. The van der Waals surface area contributed by atoms with E-state index in [9.17, 15) is 4.79 Å². The summed E-state index contributed by atoms with van der Waals surface area (Å²) >= 11 is 0. The third-order valence-electron chi connectivity index (χ3n) is 6.46. The van der Waals surface area contributed by atoms with E-state index in [-0.39, 0.29) is 6.03 Å². The van der Waals surface area contributed by atoms with Gasteiger partial charge in [0.05, 0.1) is 0 Å². The first-order chi connectivity index (χ1) is 15.8. The molecule has 2 amide bonds. The van der Waals surface area contributed by atoms with Gasteiger partial charge >= 0.3 is 6.03 Å². The third kappa shape index (κ3) is 6.89. The van der Waals surface area contributed by atoms with Crippen LogP contribution in [0.2, 0.25) is 0 Å². The van der Waals surface area contributed by atoms with Crippen molar-refractivity contribution in [1.82, 2.24) is 15.5 Å². The van der Waals surface area contributed by atoms with Gasteiger partial charge in [0.1, 0.15) is 12.4 Å². The Morgan fingerprint density at radius 1 is 0.969 bits per heavy atom. The second kappa shape index (κ2) is 11.8. The molecule has 2 saturated heterocycles. The number of rotatable bonds is 10. The molecule has 0 radical (unpaired) electrons. The smallest absolute Gasteiger partial charge is 0.314 e. The average molecular weight is 437 g/mol. The van der Waals surface area contributed by atoms with Gasteiger partial charge in [-0.2, -0.15) is 0 Å². The maximum atomic E-state index is 12.2. The second-order valence-electron chi connectivity index (χ2n) is 8.86. The van der Waals surface area contributed by atoms with Crippen LogP contribution in [0.1, 0.15) is 24.8 Å². The van der Waals surface area contributed by atoms with Gasteiger partial charge in [0.25, 0.3) is 0 Å². The highest BCUT2D eigenvalue weighted by atomic mass is 16.5. The lowest BCUT2D eigenvalue weighted by atomic mass is 10.1. The lowest BCUT2D eigenvalue weighted by Gasteiger charge is -2.18. The van der Waals surface area contributed by atoms with Crippen LogP contribution in [0.4, 0.5) is 10.5 Å². The van der Waals surface area contributed by atoms with Crippen LogP contribution in [0.15, 0.2) is 54.6 Å². The molecule has 0 aliphatic carbocycles. The Morgan fingerprint density at radius 2 is 1.75 bits per heavy atom. The second-order valence-corrected chi connectivity index (χ2v) is 8.86. The summed E-state index contributed by atoms with van der Waals surface area (Å²) in [6, 6.07) is 18.6. The topological polar surface area (TPSA) is 56.8 Å². The van der Waals surface area contributed by atoms with Crippen molar-refractivity contribution in [3.05, 3.63) is 60.2 Å². The zero-order valence-corrected chi connectivity index (χ0v) is 19.0. The Labute approximate surface area is 191 Å². The molecular formula is C26H36N4O2. The van der Waals surface area contributed by atoms with E-state index < -0.39 is 0 Å². The van der Waals surface area contributed by atoms with Gasteiger partial charge < -0.3 is 20.3 Å². The molecule has 1 atom stereocenters. The quantitative estimate of drug-likeness (QED) is 0.598. The molecule has 2 N–H and O–H groups in total. The van der Waals surface area contributed by atoms with Crippen molar-refractivity contribution >= 4 is 11.7 Å². The predicted molar refractivity (Wildman–Crippen MR) is 129 cm³/mol. The van der Waals surface area contributed by atoms with Crippen LogP contribution in [0, 0.1) is 5.92 Å². The van der Waals surface area contributed by atoms with Crippen LogP contribution in [0.25, 0.3) is 0 Å². The minimum absolute atomic E-state index is 0.0787. The van der Waals surface area contributed by atoms with Gasteiger partial charge in [0.15, 0.2) is 0 Å². The normalized spacial score (nSPS) is 18.6. The summed E-state index contributed by atoms with van der Waals surface area (Å²) in [4.78, 5) is 17.0. The number of ether oxygens (including phenoxy) is 1. The Kier molecular flexibility index (Phi) is 8.26. The lowest BCUT2D eigenvalue weighted by Crippen LogP contribution is -2.39. The fourth-order valence-corrected chi connectivity index (χ4v) is 4.54. The Balaban J connectivity index is 1.07. The maximum Gasteiger partial charge on any atom is 0.314 e. The number of likely N-dealkylation sites (tertiary alicyclic amines) is 1. The number of nitrogens with one attached hydrogen (secondary N) is 2. The van der Waals surface area contributed by atoms with Crippen molar-refractivity contribution in [1.29, 1.82) is 0 Å². The summed E-state index contributed by atoms with van der Waals surface area (Å²) in [7, 11) is 0. The number of benzene rings is 2. The van der Waals surface area contributed by atoms with Crippen LogP contribution in [-0.2, 0) is 6.42 Å². The average Bonchev–Trinajstić information content (AvgIpc) is 3.52.